The fourth-order valence-corrected chi connectivity index (χ4v) is 3.98. The zero-order chi connectivity index (χ0) is 17.7. The van der Waals surface area contributed by atoms with E-state index in [0.717, 1.165) is 36.8 Å². The van der Waals surface area contributed by atoms with E-state index >= 15 is 0 Å². The molecule has 2 aromatic rings. The number of carbonyl (C=O) groups excluding carboxylic acids is 1. The molecule has 0 aromatic heterocycles. The Kier molecular flexibility index (Phi) is 5.70. The number of Topliss-reactive ketones (excluding diaryl/α,β-unsaturated/α-hetero) is 1. The van der Waals surface area contributed by atoms with Gasteiger partial charge in [-0.1, -0.05) is 75.2 Å². The standard InChI is InChI=1S/C23H28O2/c1-3-5-6-15-22(24)23(17-25-16-4-2)20-13-9-7-11-18(20)19-12-8-10-14-21(19)23/h7-14H,3-6,15-17H2,1-2H3. The van der Waals surface area contributed by atoms with Gasteiger partial charge in [0.1, 0.15) is 11.2 Å². The molecule has 0 amide bonds. The summed E-state index contributed by atoms with van der Waals surface area (Å²) in [4.78, 5) is 13.5. The summed E-state index contributed by atoms with van der Waals surface area (Å²) in [6.07, 6.45) is 4.76. The maximum Gasteiger partial charge on any atom is 0.150 e. The van der Waals surface area contributed by atoms with E-state index in [1.165, 1.54) is 11.1 Å². The van der Waals surface area contributed by atoms with E-state index in [2.05, 4.69) is 50.2 Å². The molecule has 0 saturated heterocycles. The molecule has 0 N–H and O–H groups in total. The van der Waals surface area contributed by atoms with Crippen LogP contribution in [-0.2, 0) is 14.9 Å². The third-order valence-electron chi connectivity index (χ3n) is 5.21. The second-order valence-corrected chi connectivity index (χ2v) is 6.93. The van der Waals surface area contributed by atoms with Gasteiger partial charge >= 0.3 is 0 Å². The third kappa shape index (κ3) is 3.16. The summed E-state index contributed by atoms with van der Waals surface area (Å²) < 4.78 is 5.99. The minimum absolute atomic E-state index is 0.300. The molecular formula is C23H28O2. The number of rotatable bonds is 9. The topological polar surface area (TPSA) is 26.3 Å². The molecule has 0 saturated carbocycles. The fraction of sp³-hybridized carbons (Fsp3) is 0.435. The normalized spacial score (nSPS) is 14.2. The lowest BCUT2D eigenvalue weighted by Gasteiger charge is -2.30. The minimum Gasteiger partial charge on any atom is -0.380 e. The first-order valence-corrected chi connectivity index (χ1v) is 9.56. The van der Waals surface area contributed by atoms with E-state index in [4.69, 9.17) is 4.74 Å². The molecule has 2 aromatic carbocycles. The molecule has 0 fully saturated rings. The number of hydrogen-bond acceptors (Lipinski definition) is 2. The number of carbonyl (C=O) groups is 1. The maximum absolute atomic E-state index is 13.5. The molecule has 0 spiro atoms. The summed E-state index contributed by atoms with van der Waals surface area (Å²) in [5.74, 6) is 0.300. The number of fused-ring (bicyclic) bond motifs is 3. The Morgan fingerprint density at radius 2 is 1.48 bits per heavy atom. The summed E-state index contributed by atoms with van der Waals surface area (Å²) in [5.41, 5.74) is 3.96. The highest BCUT2D eigenvalue weighted by Gasteiger charge is 2.48. The van der Waals surface area contributed by atoms with Crippen LogP contribution < -0.4 is 0 Å². The van der Waals surface area contributed by atoms with Crippen molar-refractivity contribution in [3.63, 3.8) is 0 Å². The number of hydrogen-bond donors (Lipinski definition) is 0. The number of ketones is 1. The molecule has 1 aliphatic rings. The van der Waals surface area contributed by atoms with Crippen LogP contribution in [-0.4, -0.2) is 19.0 Å². The molecule has 25 heavy (non-hydrogen) atoms. The predicted molar refractivity (Wildman–Crippen MR) is 103 cm³/mol. The highest BCUT2D eigenvalue weighted by atomic mass is 16.5. The van der Waals surface area contributed by atoms with E-state index in [1.54, 1.807) is 0 Å². The molecule has 2 nitrogen and oxygen atoms in total. The molecule has 0 atom stereocenters. The molecule has 0 unspecified atom stereocenters. The lowest BCUT2D eigenvalue weighted by Crippen LogP contribution is -2.40. The Labute approximate surface area is 151 Å². The van der Waals surface area contributed by atoms with Gasteiger partial charge in [0.25, 0.3) is 0 Å². The quantitative estimate of drug-likeness (QED) is 0.563. The summed E-state index contributed by atoms with van der Waals surface area (Å²) in [5, 5.41) is 0. The second-order valence-electron chi connectivity index (χ2n) is 6.93. The van der Waals surface area contributed by atoms with Gasteiger partial charge in [-0.15, -0.1) is 0 Å². The van der Waals surface area contributed by atoms with E-state index in [1.807, 2.05) is 12.1 Å². The van der Waals surface area contributed by atoms with Crippen LogP contribution >= 0.6 is 0 Å². The van der Waals surface area contributed by atoms with Crippen molar-refractivity contribution in [1.29, 1.82) is 0 Å². The minimum atomic E-state index is -0.643. The van der Waals surface area contributed by atoms with Crippen molar-refractivity contribution in [2.45, 2.75) is 51.4 Å². The molecule has 0 radical (unpaired) electrons. The highest BCUT2D eigenvalue weighted by Crippen LogP contribution is 2.50. The average Bonchev–Trinajstić information content (AvgIpc) is 2.94. The van der Waals surface area contributed by atoms with Crippen LogP contribution in [0.15, 0.2) is 48.5 Å². The van der Waals surface area contributed by atoms with Crippen LogP contribution in [0, 0.1) is 0 Å². The van der Waals surface area contributed by atoms with Crippen LogP contribution in [0.4, 0.5) is 0 Å². The van der Waals surface area contributed by atoms with Crippen LogP contribution in [0.3, 0.4) is 0 Å². The van der Waals surface area contributed by atoms with Crippen LogP contribution in [0.25, 0.3) is 11.1 Å². The highest BCUT2D eigenvalue weighted by molar-refractivity contribution is 6.01. The fourth-order valence-electron chi connectivity index (χ4n) is 3.98. The van der Waals surface area contributed by atoms with Gasteiger partial charge in [-0.25, -0.2) is 0 Å². The molecule has 1 aliphatic carbocycles. The zero-order valence-electron chi connectivity index (χ0n) is 15.4. The van der Waals surface area contributed by atoms with Gasteiger partial charge < -0.3 is 4.74 Å². The van der Waals surface area contributed by atoms with Gasteiger partial charge in [-0.2, -0.15) is 0 Å². The zero-order valence-corrected chi connectivity index (χ0v) is 15.4. The summed E-state index contributed by atoms with van der Waals surface area (Å²) in [6.45, 7) is 5.41. The van der Waals surface area contributed by atoms with Crippen molar-refractivity contribution in [2.24, 2.45) is 0 Å². The van der Waals surface area contributed by atoms with Crippen LogP contribution in [0.5, 0.6) is 0 Å². The SMILES string of the molecule is CCCCCC(=O)C1(COCCC)c2ccccc2-c2ccccc21. The van der Waals surface area contributed by atoms with Crippen molar-refractivity contribution in [3.05, 3.63) is 59.7 Å². The van der Waals surface area contributed by atoms with Gasteiger partial charge in [0.05, 0.1) is 6.61 Å². The Morgan fingerprint density at radius 3 is 2.04 bits per heavy atom. The molecule has 0 aliphatic heterocycles. The lowest BCUT2D eigenvalue weighted by atomic mass is 9.73. The first kappa shape index (κ1) is 17.9. The van der Waals surface area contributed by atoms with Gasteiger partial charge in [-0.05, 0) is 35.1 Å². The molecule has 3 rings (SSSR count). The van der Waals surface area contributed by atoms with E-state index in [0.29, 0.717) is 25.4 Å². The average molecular weight is 336 g/mol. The molecule has 2 heteroatoms. The van der Waals surface area contributed by atoms with Crippen LogP contribution in [0.2, 0.25) is 0 Å². The van der Waals surface area contributed by atoms with Gasteiger partial charge in [-0.3, -0.25) is 4.79 Å². The van der Waals surface area contributed by atoms with E-state index < -0.39 is 5.41 Å². The second kappa shape index (κ2) is 7.97. The summed E-state index contributed by atoms with van der Waals surface area (Å²) in [6, 6.07) is 16.7. The number of unbranched alkanes of at least 4 members (excludes halogenated alkanes) is 2. The van der Waals surface area contributed by atoms with Crippen molar-refractivity contribution in [1.82, 2.24) is 0 Å². The monoisotopic (exact) mass is 336 g/mol. The molecule has 0 heterocycles. The first-order chi connectivity index (χ1) is 12.3. The Balaban J connectivity index is 2.08. The molecule has 0 bridgehead atoms. The Morgan fingerprint density at radius 1 is 0.880 bits per heavy atom. The van der Waals surface area contributed by atoms with Gasteiger partial charge in [0.2, 0.25) is 0 Å². The molecule has 132 valence electrons. The third-order valence-corrected chi connectivity index (χ3v) is 5.21. The smallest absolute Gasteiger partial charge is 0.150 e. The Hall–Kier alpha value is -1.93. The van der Waals surface area contributed by atoms with Gasteiger partial charge in [0, 0.05) is 13.0 Å². The summed E-state index contributed by atoms with van der Waals surface area (Å²) >= 11 is 0. The summed E-state index contributed by atoms with van der Waals surface area (Å²) in [7, 11) is 0. The number of benzene rings is 2. The van der Waals surface area contributed by atoms with E-state index in [-0.39, 0.29) is 0 Å². The van der Waals surface area contributed by atoms with Crippen molar-refractivity contribution < 1.29 is 9.53 Å². The first-order valence-electron chi connectivity index (χ1n) is 9.56. The van der Waals surface area contributed by atoms with Crippen molar-refractivity contribution >= 4 is 5.78 Å². The maximum atomic E-state index is 13.5. The van der Waals surface area contributed by atoms with Gasteiger partial charge in [0.15, 0.2) is 0 Å². The van der Waals surface area contributed by atoms with Crippen molar-refractivity contribution in [3.8, 4) is 11.1 Å². The number of ether oxygens (including phenoxy) is 1. The van der Waals surface area contributed by atoms with Crippen LogP contribution in [0.1, 0.15) is 57.1 Å². The lowest BCUT2D eigenvalue weighted by molar-refractivity contribution is -0.125. The van der Waals surface area contributed by atoms with E-state index in [9.17, 15) is 4.79 Å². The Bertz CT molecular complexity index is 687. The largest absolute Gasteiger partial charge is 0.380 e. The molecular weight excluding hydrogens is 308 g/mol. The van der Waals surface area contributed by atoms with Crippen molar-refractivity contribution in [2.75, 3.05) is 13.2 Å². The predicted octanol–water partition coefficient (Wildman–Crippen LogP) is 5.53.